The second kappa shape index (κ2) is 7.42. The van der Waals surface area contributed by atoms with Crippen LogP contribution in [0.25, 0.3) is 23.4 Å². The average Bonchev–Trinajstić information content (AvgIpc) is 2.59. The van der Waals surface area contributed by atoms with Gasteiger partial charge in [-0.1, -0.05) is 42.5 Å². The molecule has 0 spiro atoms. The molecule has 0 atom stereocenters. The van der Waals surface area contributed by atoms with Crippen LogP contribution in [0, 0.1) is 0 Å². The van der Waals surface area contributed by atoms with Gasteiger partial charge in [0.15, 0.2) is 0 Å². The van der Waals surface area contributed by atoms with E-state index in [2.05, 4.69) is 66.8 Å². The predicted molar refractivity (Wildman–Crippen MR) is 98.7 cm³/mol. The van der Waals surface area contributed by atoms with Gasteiger partial charge in [-0.2, -0.15) is 0 Å². The standard InChI is InChI=1S/C20H25N3/c1-23(2)14-8-13-21-20-15-19(16-9-4-3-5-10-16)22-18-12-7-6-11-17(18)20/h3-5,9-12,15,21H,6-8,13-14H2,1-2H3. The number of nitrogens with one attached hydrogen (secondary N) is 1. The van der Waals surface area contributed by atoms with Crippen LogP contribution in [0.2, 0.25) is 0 Å². The molecule has 0 aliphatic heterocycles. The minimum atomic E-state index is 0.983. The maximum Gasteiger partial charge on any atom is 0.0730 e. The number of anilines is 1. The maximum absolute atomic E-state index is 4.87. The molecule has 3 rings (SSSR count). The van der Waals surface area contributed by atoms with Crippen LogP contribution in [0.3, 0.4) is 0 Å². The summed E-state index contributed by atoms with van der Waals surface area (Å²) >= 11 is 0. The summed E-state index contributed by atoms with van der Waals surface area (Å²) in [6.45, 7) is 2.08. The molecule has 1 aliphatic carbocycles. The lowest BCUT2D eigenvalue weighted by Crippen LogP contribution is -2.33. The summed E-state index contributed by atoms with van der Waals surface area (Å²) in [5.74, 6) is 0. The summed E-state index contributed by atoms with van der Waals surface area (Å²) in [6.07, 6.45) is 7.89. The Balaban J connectivity index is 1.91. The molecule has 0 saturated carbocycles. The minimum absolute atomic E-state index is 0.983. The van der Waals surface area contributed by atoms with E-state index >= 15 is 0 Å². The number of benzene rings is 1. The van der Waals surface area contributed by atoms with Crippen molar-refractivity contribution in [3.63, 3.8) is 0 Å². The summed E-state index contributed by atoms with van der Waals surface area (Å²) < 4.78 is 0. The van der Waals surface area contributed by atoms with Crippen molar-refractivity contribution in [1.29, 1.82) is 0 Å². The van der Waals surface area contributed by atoms with E-state index in [1.54, 1.807) is 0 Å². The molecular formula is C20H25N3. The first-order chi connectivity index (χ1) is 11.2. The van der Waals surface area contributed by atoms with Crippen molar-refractivity contribution in [1.82, 2.24) is 9.88 Å². The van der Waals surface area contributed by atoms with Crippen LogP contribution in [-0.2, 0) is 0 Å². The molecule has 3 heteroatoms. The van der Waals surface area contributed by atoms with Crippen LogP contribution >= 0.6 is 0 Å². The van der Waals surface area contributed by atoms with Crippen molar-refractivity contribution >= 4 is 17.8 Å². The number of fused-ring (bicyclic) bond motifs is 1. The highest BCUT2D eigenvalue weighted by atomic mass is 15.1. The SMILES string of the molecule is CN(C)CCCNc1cc(-c2ccccc2)nc2c1=CCCC=2. The Bertz CT molecular complexity index is 763. The van der Waals surface area contributed by atoms with Gasteiger partial charge in [0.2, 0.25) is 0 Å². The van der Waals surface area contributed by atoms with E-state index in [0.717, 1.165) is 43.4 Å². The van der Waals surface area contributed by atoms with Gasteiger partial charge in [-0.3, -0.25) is 0 Å². The van der Waals surface area contributed by atoms with E-state index in [-0.39, 0.29) is 0 Å². The molecule has 0 saturated heterocycles. The fraction of sp³-hybridized carbons (Fsp3) is 0.350. The second-order valence-corrected chi connectivity index (χ2v) is 6.29. The number of nitrogens with zero attached hydrogens (tertiary/aromatic N) is 2. The molecule has 1 aliphatic rings. The van der Waals surface area contributed by atoms with Gasteiger partial charge in [0.25, 0.3) is 0 Å². The van der Waals surface area contributed by atoms with Crippen molar-refractivity contribution in [2.24, 2.45) is 0 Å². The van der Waals surface area contributed by atoms with Gasteiger partial charge in [-0.05, 0) is 46.0 Å². The topological polar surface area (TPSA) is 28.2 Å². The third kappa shape index (κ3) is 3.99. The van der Waals surface area contributed by atoms with Crippen LogP contribution in [0.15, 0.2) is 36.4 Å². The Morgan fingerprint density at radius 2 is 1.87 bits per heavy atom. The Hall–Kier alpha value is -2.13. The minimum Gasteiger partial charge on any atom is -0.384 e. The van der Waals surface area contributed by atoms with E-state index in [9.17, 15) is 0 Å². The number of hydrogen-bond donors (Lipinski definition) is 1. The van der Waals surface area contributed by atoms with Gasteiger partial charge in [0, 0.05) is 23.0 Å². The molecule has 0 fully saturated rings. The van der Waals surface area contributed by atoms with E-state index < -0.39 is 0 Å². The smallest absolute Gasteiger partial charge is 0.0730 e. The molecule has 120 valence electrons. The van der Waals surface area contributed by atoms with Crippen LogP contribution in [0.1, 0.15) is 19.3 Å². The van der Waals surface area contributed by atoms with Gasteiger partial charge in [-0.15, -0.1) is 0 Å². The van der Waals surface area contributed by atoms with Gasteiger partial charge in [-0.25, -0.2) is 4.98 Å². The zero-order valence-electron chi connectivity index (χ0n) is 14.0. The molecule has 1 N–H and O–H groups in total. The number of aromatic nitrogens is 1. The molecule has 1 aromatic heterocycles. The van der Waals surface area contributed by atoms with Gasteiger partial charge in [0.05, 0.1) is 11.0 Å². The molecular weight excluding hydrogens is 282 g/mol. The second-order valence-electron chi connectivity index (χ2n) is 6.29. The normalized spacial score (nSPS) is 13.2. The highest BCUT2D eigenvalue weighted by Gasteiger charge is 2.06. The molecule has 23 heavy (non-hydrogen) atoms. The largest absolute Gasteiger partial charge is 0.384 e. The third-order valence-corrected chi connectivity index (χ3v) is 4.11. The van der Waals surface area contributed by atoms with E-state index in [0.29, 0.717) is 0 Å². The van der Waals surface area contributed by atoms with Crippen LogP contribution < -0.4 is 15.9 Å². The lowest BCUT2D eigenvalue weighted by molar-refractivity contribution is 0.405. The highest BCUT2D eigenvalue weighted by molar-refractivity contribution is 5.66. The lowest BCUT2D eigenvalue weighted by atomic mass is 10.1. The average molecular weight is 307 g/mol. The number of pyridine rings is 1. The zero-order valence-corrected chi connectivity index (χ0v) is 14.0. The summed E-state index contributed by atoms with van der Waals surface area (Å²) in [6, 6.07) is 12.6. The summed E-state index contributed by atoms with van der Waals surface area (Å²) in [7, 11) is 4.23. The van der Waals surface area contributed by atoms with Crippen LogP contribution in [0.5, 0.6) is 0 Å². The quantitative estimate of drug-likeness (QED) is 0.831. The molecule has 3 nitrogen and oxygen atoms in total. The van der Waals surface area contributed by atoms with Gasteiger partial charge < -0.3 is 10.2 Å². The summed E-state index contributed by atoms with van der Waals surface area (Å²) in [5.41, 5.74) is 3.43. The van der Waals surface area contributed by atoms with Gasteiger partial charge in [0.1, 0.15) is 0 Å². The molecule has 0 radical (unpaired) electrons. The first-order valence-electron chi connectivity index (χ1n) is 8.39. The fourth-order valence-electron chi connectivity index (χ4n) is 2.91. The Labute approximate surface area is 138 Å². The molecule has 0 bridgehead atoms. The molecule has 1 heterocycles. The third-order valence-electron chi connectivity index (χ3n) is 4.11. The monoisotopic (exact) mass is 307 g/mol. The first kappa shape index (κ1) is 15.8. The molecule has 1 aromatic carbocycles. The maximum atomic E-state index is 4.87. The van der Waals surface area contributed by atoms with Crippen molar-refractivity contribution in [3.8, 4) is 11.3 Å². The Morgan fingerprint density at radius 3 is 2.65 bits per heavy atom. The molecule has 2 aromatic rings. The lowest BCUT2D eigenvalue weighted by Gasteiger charge is -2.14. The van der Waals surface area contributed by atoms with Gasteiger partial charge >= 0.3 is 0 Å². The van der Waals surface area contributed by atoms with E-state index in [1.165, 1.54) is 16.5 Å². The molecule has 0 unspecified atom stereocenters. The fourth-order valence-corrected chi connectivity index (χ4v) is 2.91. The van der Waals surface area contributed by atoms with Crippen LogP contribution in [0.4, 0.5) is 5.69 Å². The number of rotatable bonds is 6. The van der Waals surface area contributed by atoms with Crippen molar-refractivity contribution in [2.75, 3.05) is 32.5 Å². The summed E-state index contributed by atoms with van der Waals surface area (Å²) in [4.78, 5) is 7.09. The first-order valence-corrected chi connectivity index (χ1v) is 8.39. The highest BCUT2D eigenvalue weighted by Crippen LogP contribution is 2.17. The van der Waals surface area contributed by atoms with Crippen molar-refractivity contribution < 1.29 is 0 Å². The van der Waals surface area contributed by atoms with E-state index in [4.69, 9.17) is 4.98 Å². The predicted octanol–water partition coefficient (Wildman–Crippen LogP) is 2.47. The van der Waals surface area contributed by atoms with Crippen molar-refractivity contribution in [2.45, 2.75) is 19.3 Å². The Kier molecular flexibility index (Phi) is 5.09. The van der Waals surface area contributed by atoms with Crippen molar-refractivity contribution in [3.05, 3.63) is 47.0 Å². The zero-order chi connectivity index (χ0) is 16.1. The summed E-state index contributed by atoms with van der Waals surface area (Å²) in [5, 5.41) is 6.00. The van der Waals surface area contributed by atoms with Crippen LogP contribution in [-0.4, -0.2) is 37.1 Å². The molecule has 0 amide bonds. The number of hydrogen-bond acceptors (Lipinski definition) is 3. The Morgan fingerprint density at radius 1 is 1.09 bits per heavy atom. The van der Waals surface area contributed by atoms with E-state index in [1.807, 2.05) is 6.07 Å².